The van der Waals surface area contributed by atoms with Crippen LogP contribution in [0.1, 0.15) is 0 Å². The van der Waals surface area contributed by atoms with Gasteiger partial charge in [0.15, 0.2) is 17.5 Å². The maximum Gasteiger partial charge on any atom is 0.164 e. The van der Waals surface area contributed by atoms with Gasteiger partial charge in [0.1, 0.15) is 0 Å². The fourth-order valence-electron chi connectivity index (χ4n) is 7.20. The van der Waals surface area contributed by atoms with Crippen LogP contribution in [0.5, 0.6) is 0 Å². The number of benzene rings is 8. The molecular weight excluding hydrogens is 639 g/mol. The quantitative estimate of drug-likeness (QED) is 0.171. The van der Waals surface area contributed by atoms with Crippen molar-refractivity contribution in [3.63, 3.8) is 0 Å². The third-order valence-corrected chi connectivity index (χ3v) is 10.8. The van der Waals surface area contributed by atoms with Gasteiger partial charge in [0, 0.05) is 36.9 Å². The van der Waals surface area contributed by atoms with Crippen LogP contribution in [-0.4, -0.2) is 15.0 Å². The Labute approximate surface area is 299 Å². The molecule has 238 valence electrons. The second kappa shape index (κ2) is 12.1. The van der Waals surface area contributed by atoms with Gasteiger partial charge < -0.3 is 0 Å². The van der Waals surface area contributed by atoms with E-state index in [4.69, 9.17) is 15.0 Å². The van der Waals surface area contributed by atoms with Gasteiger partial charge in [-0.05, 0) is 74.1 Å². The Kier molecular flexibility index (Phi) is 7.00. The molecule has 0 saturated carbocycles. The zero-order valence-electron chi connectivity index (χ0n) is 27.5. The predicted octanol–water partition coefficient (Wildman–Crippen LogP) is 12.9. The summed E-state index contributed by atoms with van der Waals surface area (Å²) in [5.41, 5.74) is 7.43. The molecule has 4 heteroatoms. The molecule has 0 radical (unpaired) electrons. The van der Waals surface area contributed by atoms with E-state index in [2.05, 4.69) is 164 Å². The first-order chi connectivity index (χ1) is 25.2. The fourth-order valence-corrected chi connectivity index (χ4v) is 8.37. The van der Waals surface area contributed by atoms with Crippen LogP contribution in [0.2, 0.25) is 0 Å². The van der Waals surface area contributed by atoms with E-state index >= 15 is 0 Å². The normalized spacial score (nSPS) is 11.5. The van der Waals surface area contributed by atoms with Crippen LogP contribution in [0.15, 0.2) is 176 Å². The first-order valence-electron chi connectivity index (χ1n) is 17.1. The lowest BCUT2D eigenvalue weighted by Crippen LogP contribution is -2.00. The van der Waals surface area contributed by atoms with Crippen molar-refractivity contribution in [2.45, 2.75) is 0 Å². The Morgan fingerprint density at radius 1 is 0.314 bits per heavy atom. The second-order valence-corrected chi connectivity index (χ2v) is 13.9. The van der Waals surface area contributed by atoms with E-state index in [9.17, 15) is 0 Å². The molecule has 2 heterocycles. The van der Waals surface area contributed by atoms with Crippen molar-refractivity contribution < 1.29 is 0 Å². The summed E-state index contributed by atoms with van der Waals surface area (Å²) in [7, 11) is 0. The van der Waals surface area contributed by atoms with Gasteiger partial charge >= 0.3 is 0 Å². The highest BCUT2D eigenvalue weighted by atomic mass is 32.1. The van der Waals surface area contributed by atoms with Crippen LogP contribution < -0.4 is 0 Å². The van der Waals surface area contributed by atoms with Crippen LogP contribution in [0.3, 0.4) is 0 Å². The lowest BCUT2D eigenvalue weighted by Gasteiger charge is -2.11. The molecule has 8 aromatic carbocycles. The largest absolute Gasteiger partial charge is 0.208 e. The van der Waals surface area contributed by atoms with Gasteiger partial charge in [0.2, 0.25) is 0 Å². The van der Waals surface area contributed by atoms with E-state index in [1.807, 2.05) is 23.5 Å². The van der Waals surface area contributed by atoms with Gasteiger partial charge in [-0.25, -0.2) is 15.0 Å². The number of thiophene rings is 1. The summed E-state index contributed by atoms with van der Waals surface area (Å²) in [6.45, 7) is 0. The second-order valence-electron chi connectivity index (χ2n) is 12.8. The van der Waals surface area contributed by atoms with E-state index in [1.165, 1.54) is 41.7 Å². The molecule has 0 bridgehead atoms. The summed E-state index contributed by atoms with van der Waals surface area (Å²) >= 11 is 1.82. The highest BCUT2D eigenvalue weighted by Crippen LogP contribution is 2.42. The van der Waals surface area contributed by atoms with Crippen molar-refractivity contribution in [3.05, 3.63) is 176 Å². The van der Waals surface area contributed by atoms with Crippen molar-refractivity contribution in [1.82, 2.24) is 15.0 Å². The third kappa shape index (κ3) is 5.25. The molecule has 3 nitrogen and oxygen atoms in total. The molecule has 10 rings (SSSR count). The number of aromatic nitrogens is 3. The van der Waals surface area contributed by atoms with Crippen LogP contribution in [0.4, 0.5) is 0 Å². The van der Waals surface area contributed by atoms with E-state index in [-0.39, 0.29) is 0 Å². The molecule has 10 aromatic rings. The maximum absolute atomic E-state index is 5.25. The summed E-state index contributed by atoms with van der Waals surface area (Å²) in [5, 5.41) is 7.39. The zero-order chi connectivity index (χ0) is 33.7. The van der Waals surface area contributed by atoms with Gasteiger partial charge in [-0.1, -0.05) is 146 Å². The standard InChI is InChI=1S/C47H29N3S/c1-3-12-30(13-4-1)33-17-9-19-36(26-33)45-48-46(37-20-10-18-34(27-37)31-14-5-2-6-15-31)50-47(49-45)39-22-11-23-42-44(39)41-29-40-35(28-43(41)51-42)25-24-32-16-7-8-21-38(32)40/h1-29H. The predicted molar refractivity (Wildman–Crippen MR) is 215 cm³/mol. The van der Waals surface area contributed by atoms with Gasteiger partial charge in [-0.15, -0.1) is 11.3 Å². The maximum atomic E-state index is 5.25. The number of hydrogen-bond donors (Lipinski definition) is 0. The molecule has 0 spiro atoms. The Hall–Kier alpha value is -6.49. The minimum atomic E-state index is 0.644. The Bertz CT molecular complexity index is 2810. The first kappa shape index (κ1) is 29.4. The Balaban J connectivity index is 1.21. The van der Waals surface area contributed by atoms with Crippen molar-refractivity contribution >= 4 is 53.1 Å². The van der Waals surface area contributed by atoms with Crippen LogP contribution in [0, 0.1) is 0 Å². The Morgan fingerprint density at radius 2 is 0.863 bits per heavy atom. The molecule has 0 fully saturated rings. The van der Waals surface area contributed by atoms with Crippen LogP contribution >= 0.6 is 11.3 Å². The molecule has 0 amide bonds. The molecule has 0 aliphatic carbocycles. The molecule has 0 saturated heterocycles. The van der Waals surface area contributed by atoms with E-state index in [0.29, 0.717) is 17.5 Å². The van der Waals surface area contributed by atoms with Gasteiger partial charge in [-0.2, -0.15) is 0 Å². The van der Waals surface area contributed by atoms with E-state index < -0.39 is 0 Å². The number of hydrogen-bond acceptors (Lipinski definition) is 4. The van der Waals surface area contributed by atoms with E-state index in [1.54, 1.807) is 0 Å². The number of nitrogens with zero attached hydrogens (tertiary/aromatic N) is 3. The van der Waals surface area contributed by atoms with Crippen LogP contribution in [-0.2, 0) is 0 Å². The topological polar surface area (TPSA) is 38.7 Å². The van der Waals surface area contributed by atoms with Gasteiger partial charge in [0.25, 0.3) is 0 Å². The molecule has 0 aliphatic rings. The average molecular weight is 668 g/mol. The fraction of sp³-hybridized carbons (Fsp3) is 0. The molecular formula is C47H29N3S. The molecule has 0 aliphatic heterocycles. The van der Waals surface area contributed by atoms with Crippen LogP contribution in [0.25, 0.3) is 98.1 Å². The minimum Gasteiger partial charge on any atom is -0.208 e. The monoisotopic (exact) mass is 667 g/mol. The summed E-state index contributed by atoms with van der Waals surface area (Å²) in [5.74, 6) is 1.95. The summed E-state index contributed by atoms with van der Waals surface area (Å²) in [4.78, 5) is 15.6. The third-order valence-electron chi connectivity index (χ3n) is 9.69. The summed E-state index contributed by atoms with van der Waals surface area (Å²) < 4.78 is 2.46. The molecule has 0 atom stereocenters. The summed E-state index contributed by atoms with van der Waals surface area (Å²) in [6.07, 6.45) is 0. The molecule has 0 N–H and O–H groups in total. The lowest BCUT2D eigenvalue weighted by molar-refractivity contribution is 1.08. The van der Waals surface area contributed by atoms with Crippen molar-refractivity contribution in [1.29, 1.82) is 0 Å². The first-order valence-corrected chi connectivity index (χ1v) is 17.9. The molecule has 51 heavy (non-hydrogen) atoms. The Morgan fingerprint density at radius 3 is 1.55 bits per heavy atom. The van der Waals surface area contributed by atoms with E-state index in [0.717, 1.165) is 38.9 Å². The highest BCUT2D eigenvalue weighted by Gasteiger charge is 2.18. The van der Waals surface area contributed by atoms with Crippen molar-refractivity contribution in [3.8, 4) is 56.4 Å². The zero-order valence-corrected chi connectivity index (χ0v) is 28.3. The molecule has 0 unspecified atom stereocenters. The van der Waals surface area contributed by atoms with Crippen molar-refractivity contribution in [2.75, 3.05) is 0 Å². The van der Waals surface area contributed by atoms with Gasteiger partial charge in [0.05, 0.1) is 0 Å². The lowest BCUT2D eigenvalue weighted by atomic mass is 9.98. The number of fused-ring (bicyclic) bond motifs is 6. The molecule has 2 aromatic heterocycles. The van der Waals surface area contributed by atoms with Gasteiger partial charge in [-0.3, -0.25) is 0 Å². The van der Waals surface area contributed by atoms with Crippen molar-refractivity contribution in [2.24, 2.45) is 0 Å². The smallest absolute Gasteiger partial charge is 0.164 e. The summed E-state index contributed by atoms with van der Waals surface area (Å²) in [6, 6.07) is 62.1. The SMILES string of the molecule is c1ccc(-c2cccc(-c3nc(-c4cccc(-c5ccccc5)c4)nc(-c4cccc5sc6cc7ccc8ccccc8c7cc6c45)n3)c2)cc1. The average Bonchev–Trinajstić information content (AvgIpc) is 3.58. The number of rotatable bonds is 5. The highest BCUT2D eigenvalue weighted by molar-refractivity contribution is 7.26. The minimum absolute atomic E-state index is 0.644.